The Hall–Kier alpha value is -1.02. The van der Waals surface area contributed by atoms with E-state index >= 15 is 0 Å². The molecule has 0 spiro atoms. The number of ether oxygens (including phenoxy) is 1. The predicted octanol–water partition coefficient (Wildman–Crippen LogP) is 3.85. The lowest BCUT2D eigenvalue weighted by atomic mass is 10.0. The molecule has 17 heavy (non-hydrogen) atoms. The normalized spacial score (nSPS) is 10.3. The number of aryl methyl sites for hydroxylation is 1. The van der Waals surface area contributed by atoms with E-state index in [0.29, 0.717) is 18.9 Å². The minimum absolute atomic E-state index is 0.0942. The average molecular weight is 255 g/mol. The molecule has 1 rings (SSSR count). The van der Waals surface area contributed by atoms with Crippen molar-refractivity contribution in [3.63, 3.8) is 0 Å². The third-order valence-electron chi connectivity index (χ3n) is 2.55. The van der Waals surface area contributed by atoms with E-state index in [4.69, 9.17) is 16.3 Å². The Bertz CT molecular complexity index is 374. The molecule has 0 N–H and O–H groups in total. The first-order valence-electron chi connectivity index (χ1n) is 6.07. The lowest BCUT2D eigenvalue weighted by Gasteiger charge is -2.11. The van der Waals surface area contributed by atoms with E-state index < -0.39 is 0 Å². The Kier molecular flexibility index (Phi) is 6.06. The van der Waals surface area contributed by atoms with Crippen LogP contribution in [0.1, 0.15) is 42.6 Å². The maximum absolute atomic E-state index is 11.7. The molecule has 0 radical (unpaired) electrons. The Morgan fingerprint density at radius 3 is 2.71 bits per heavy atom. The van der Waals surface area contributed by atoms with Crippen molar-refractivity contribution >= 4 is 17.4 Å². The van der Waals surface area contributed by atoms with Crippen LogP contribution >= 0.6 is 11.6 Å². The third-order valence-corrected chi connectivity index (χ3v) is 2.74. The van der Waals surface area contributed by atoms with E-state index in [0.717, 1.165) is 29.7 Å². The van der Waals surface area contributed by atoms with Crippen LogP contribution in [0.4, 0.5) is 0 Å². The second kappa shape index (κ2) is 7.33. The molecular formula is C14H19ClO2. The third kappa shape index (κ3) is 4.04. The molecule has 0 aliphatic heterocycles. The van der Waals surface area contributed by atoms with E-state index in [2.05, 4.69) is 13.8 Å². The van der Waals surface area contributed by atoms with Crippen LogP contribution in [0.2, 0.25) is 0 Å². The molecule has 0 aliphatic carbocycles. The summed E-state index contributed by atoms with van der Waals surface area (Å²) in [5.41, 5.74) is 1.81. The number of benzene rings is 1. The highest BCUT2D eigenvalue weighted by Gasteiger charge is 2.09. The molecule has 0 aliphatic rings. The highest BCUT2D eigenvalue weighted by atomic mass is 35.5. The zero-order valence-electron chi connectivity index (χ0n) is 10.5. The Morgan fingerprint density at radius 2 is 2.12 bits per heavy atom. The molecule has 3 heteroatoms. The number of ketones is 1. The average Bonchev–Trinajstić information content (AvgIpc) is 2.36. The molecule has 1 aromatic rings. The van der Waals surface area contributed by atoms with Crippen molar-refractivity contribution in [1.82, 2.24) is 0 Å². The predicted molar refractivity (Wildman–Crippen MR) is 71.3 cm³/mol. The summed E-state index contributed by atoms with van der Waals surface area (Å²) in [6.07, 6.45) is 2.23. The van der Waals surface area contributed by atoms with Crippen LogP contribution in [0.3, 0.4) is 0 Å². The molecule has 1 aromatic carbocycles. The van der Waals surface area contributed by atoms with Crippen molar-refractivity contribution in [2.45, 2.75) is 33.1 Å². The van der Waals surface area contributed by atoms with Crippen LogP contribution in [0.25, 0.3) is 0 Å². The topological polar surface area (TPSA) is 26.3 Å². The van der Waals surface area contributed by atoms with Gasteiger partial charge in [0.2, 0.25) is 0 Å². The molecular weight excluding hydrogens is 236 g/mol. The first kappa shape index (κ1) is 14.0. The Morgan fingerprint density at radius 1 is 1.35 bits per heavy atom. The quantitative estimate of drug-likeness (QED) is 0.546. The van der Waals surface area contributed by atoms with Crippen molar-refractivity contribution in [3.8, 4) is 5.75 Å². The summed E-state index contributed by atoms with van der Waals surface area (Å²) in [6, 6.07) is 5.62. The van der Waals surface area contributed by atoms with Gasteiger partial charge in [-0.25, -0.2) is 0 Å². The molecule has 0 saturated heterocycles. The van der Waals surface area contributed by atoms with Gasteiger partial charge in [0.1, 0.15) is 5.75 Å². The summed E-state index contributed by atoms with van der Waals surface area (Å²) in [5, 5.41) is 0. The standard InChI is InChI=1S/C14H19ClO2/c1-3-9-17-14-6-5-12(10-11(14)4-2)13(16)7-8-15/h5-6,10H,3-4,7-9H2,1-2H3. The summed E-state index contributed by atoms with van der Waals surface area (Å²) >= 11 is 5.57. The fourth-order valence-electron chi connectivity index (χ4n) is 1.61. The Labute approximate surface area is 108 Å². The van der Waals surface area contributed by atoms with E-state index in [9.17, 15) is 4.79 Å². The number of alkyl halides is 1. The van der Waals surface area contributed by atoms with Gasteiger partial charge in [0.05, 0.1) is 6.61 Å². The fraction of sp³-hybridized carbons (Fsp3) is 0.500. The Balaban J connectivity index is 2.87. The molecule has 0 aromatic heterocycles. The summed E-state index contributed by atoms with van der Waals surface area (Å²) in [7, 11) is 0. The monoisotopic (exact) mass is 254 g/mol. The fourth-order valence-corrected chi connectivity index (χ4v) is 1.78. The van der Waals surface area contributed by atoms with Crippen LogP contribution in [0.15, 0.2) is 18.2 Å². The second-order valence-electron chi connectivity index (χ2n) is 3.89. The molecule has 2 nitrogen and oxygen atoms in total. The molecule has 0 saturated carbocycles. The number of hydrogen-bond acceptors (Lipinski definition) is 2. The molecule has 94 valence electrons. The lowest BCUT2D eigenvalue weighted by molar-refractivity contribution is 0.0989. The van der Waals surface area contributed by atoms with Crippen LogP contribution < -0.4 is 4.74 Å². The highest BCUT2D eigenvalue weighted by molar-refractivity contribution is 6.19. The van der Waals surface area contributed by atoms with Crippen molar-refractivity contribution < 1.29 is 9.53 Å². The number of rotatable bonds is 7. The van der Waals surface area contributed by atoms with Gasteiger partial charge in [-0.05, 0) is 36.6 Å². The van der Waals surface area contributed by atoms with Crippen LogP contribution in [0.5, 0.6) is 5.75 Å². The minimum atomic E-state index is 0.0942. The van der Waals surface area contributed by atoms with Gasteiger partial charge in [-0.1, -0.05) is 13.8 Å². The van der Waals surface area contributed by atoms with Crippen LogP contribution in [0, 0.1) is 0 Å². The minimum Gasteiger partial charge on any atom is -0.493 e. The summed E-state index contributed by atoms with van der Waals surface area (Å²) in [5.74, 6) is 1.35. The van der Waals surface area contributed by atoms with E-state index in [1.807, 2.05) is 18.2 Å². The zero-order valence-corrected chi connectivity index (χ0v) is 11.2. The van der Waals surface area contributed by atoms with E-state index in [1.54, 1.807) is 0 Å². The van der Waals surface area contributed by atoms with Crippen LogP contribution in [-0.4, -0.2) is 18.3 Å². The number of hydrogen-bond donors (Lipinski definition) is 0. The number of carbonyl (C=O) groups is 1. The maximum Gasteiger partial charge on any atom is 0.164 e. The SMILES string of the molecule is CCCOc1ccc(C(=O)CCCl)cc1CC. The number of halogens is 1. The van der Waals surface area contributed by atoms with Crippen LogP contribution in [-0.2, 0) is 6.42 Å². The van der Waals surface area contributed by atoms with Crippen molar-refractivity contribution in [1.29, 1.82) is 0 Å². The highest BCUT2D eigenvalue weighted by Crippen LogP contribution is 2.22. The van der Waals surface area contributed by atoms with Gasteiger partial charge in [-0.3, -0.25) is 4.79 Å². The molecule has 0 heterocycles. The van der Waals surface area contributed by atoms with Crippen molar-refractivity contribution in [2.75, 3.05) is 12.5 Å². The maximum atomic E-state index is 11.7. The second-order valence-corrected chi connectivity index (χ2v) is 4.26. The summed E-state index contributed by atoms with van der Waals surface area (Å²) < 4.78 is 5.63. The molecule has 0 fully saturated rings. The summed E-state index contributed by atoms with van der Waals surface area (Å²) in [6.45, 7) is 4.84. The number of carbonyl (C=O) groups excluding carboxylic acids is 1. The van der Waals surface area contributed by atoms with Crippen molar-refractivity contribution in [2.24, 2.45) is 0 Å². The van der Waals surface area contributed by atoms with Crippen molar-refractivity contribution in [3.05, 3.63) is 29.3 Å². The molecule has 0 amide bonds. The first-order valence-corrected chi connectivity index (χ1v) is 6.61. The van der Waals surface area contributed by atoms with Gasteiger partial charge in [0.25, 0.3) is 0 Å². The zero-order chi connectivity index (χ0) is 12.7. The summed E-state index contributed by atoms with van der Waals surface area (Å²) in [4.78, 5) is 11.7. The van der Waals surface area contributed by atoms with E-state index in [1.165, 1.54) is 0 Å². The van der Waals surface area contributed by atoms with Gasteiger partial charge >= 0.3 is 0 Å². The molecule has 0 atom stereocenters. The molecule has 0 unspecified atom stereocenters. The smallest absolute Gasteiger partial charge is 0.164 e. The lowest BCUT2D eigenvalue weighted by Crippen LogP contribution is -2.03. The van der Waals surface area contributed by atoms with Gasteiger partial charge in [0.15, 0.2) is 5.78 Å². The van der Waals surface area contributed by atoms with Gasteiger partial charge in [-0.2, -0.15) is 0 Å². The largest absolute Gasteiger partial charge is 0.493 e. The first-order chi connectivity index (χ1) is 8.22. The van der Waals surface area contributed by atoms with Gasteiger partial charge in [0, 0.05) is 17.9 Å². The van der Waals surface area contributed by atoms with Gasteiger partial charge < -0.3 is 4.74 Å². The number of Topliss-reactive ketones (excluding diaryl/α,β-unsaturated/α-hetero) is 1. The van der Waals surface area contributed by atoms with E-state index in [-0.39, 0.29) is 5.78 Å². The molecule has 0 bridgehead atoms. The van der Waals surface area contributed by atoms with Gasteiger partial charge in [-0.15, -0.1) is 11.6 Å².